The predicted octanol–water partition coefficient (Wildman–Crippen LogP) is 1.12. The molecule has 1 N–H and O–H groups in total. The highest BCUT2D eigenvalue weighted by molar-refractivity contribution is 5.78. The van der Waals surface area contributed by atoms with Gasteiger partial charge in [-0.3, -0.25) is 9.59 Å². The largest absolute Gasteiger partial charge is 0.481 e. The number of carboxylic acid groups (broad SMARTS) is 1. The molecule has 0 unspecified atom stereocenters. The van der Waals surface area contributed by atoms with E-state index in [0.29, 0.717) is 6.54 Å². The molecule has 0 saturated heterocycles. The fourth-order valence-corrected chi connectivity index (χ4v) is 1.24. The van der Waals surface area contributed by atoms with Crippen LogP contribution in [0.2, 0.25) is 0 Å². The van der Waals surface area contributed by atoms with E-state index < -0.39 is 11.6 Å². The van der Waals surface area contributed by atoms with Crippen molar-refractivity contribution in [3.8, 4) is 0 Å². The van der Waals surface area contributed by atoms with Gasteiger partial charge in [0.25, 0.3) is 0 Å². The van der Waals surface area contributed by atoms with Crippen molar-refractivity contribution >= 4 is 11.9 Å². The van der Waals surface area contributed by atoms with Crippen LogP contribution in [0.25, 0.3) is 0 Å². The predicted molar refractivity (Wildman–Crippen MR) is 60.2 cm³/mol. The van der Waals surface area contributed by atoms with Gasteiger partial charge in [0.1, 0.15) is 0 Å². The number of carboxylic acids is 1. The van der Waals surface area contributed by atoms with Gasteiger partial charge < -0.3 is 14.7 Å². The Morgan fingerprint density at radius 3 is 2.31 bits per heavy atom. The van der Waals surface area contributed by atoms with Crippen molar-refractivity contribution in [3.63, 3.8) is 0 Å². The number of nitrogens with zero attached hydrogens (tertiary/aromatic N) is 1. The van der Waals surface area contributed by atoms with Crippen LogP contribution in [0.5, 0.6) is 0 Å². The molecule has 0 radical (unpaired) electrons. The van der Waals surface area contributed by atoms with Gasteiger partial charge in [-0.25, -0.2) is 0 Å². The third kappa shape index (κ3) is 5.70. The van der Waals surface area contributed by atoms with Crippen LogP contribution in [0.4, 0.5) is 0 Å². The van der Waals surface area contributed by atoms with Gasteiger partial charge in [-0.2, -0.15) is 0 Å². The summed E-state index contributed by atoms with van der Waals surface area (Å²) in [6, 6.07) is 0. The molecule has 5 heteroatoms. The molecule has 0 heterocycles. The smallest absolute Gasteiger partial charge is 0.305 e. The van der Waals surface area contributed by atoms with Gasteiger partial charge in [0.15, 0.2) is 0 Å². The maximum atomic E-state index is 11.8. The topological polar surface area (TPSA) is 66.8 Å². The second-order valence-electron chi connectivity index (χ2n) is 4.26. The molecule has 0 aromatic carbocycles. The first-order valence-electron chi connectivity index (χ1n) is 5.37. The van der Waals surface area contributed by atoms with Crippen LogP contribution < -0.4 is 0 Å². The lowest BCUT2D eigenvalue weighted by Crippen LogP contribution is -2.38. The Kier molecular flexibility index (Phi) is 6.03. The standard InChI is InChI=1S/C11H21NO4/c1-5-12(7-6-10(14)15)9(13)8-11(2,3)16-4/h5-8H2,1-4H3,(H,14,15). The number of carbonyl (C=O) groups excluding carboxylic acids is 1. The molecule has 0 aliphatic heterocycles. The van der Waals surface area contributed by atoms with Crippen LogP contribution in [0.3, 0.4) is 0 Å². The number of hydrogen-bond donors (Lipinski definition) is 1. The number of ether oxygens (including phenoxy) is 1. The Morgan fingerprint density at radius 2 is 1.94 bits per heavy atom. The van der Waals surface area contributed by atoms with Gasteiger partial charge in [0, 0.05) is 20.2 Å². The molecule has 94 valence electrons. The Bertz CT molecular complexity index is 250. The molecule has 0 spiro atoms. The monoisotopic (exact) mass is 231 g/mol. The van der Waals surface area contributed by atoms with Gasteiger partial charge in [-0.1, -0.05) is 0 Å². The van der Waals surface area contributed by atoms with Gasteiger partial charge in [-0.05, 0) is 20.8 Å². The molecule has 16 heavy (non-hydrogen) atoms. The summed E-state index contributed by atoms with van der Waals surface area (Å²) < 4.78 is 5.16. The second kappa shape index (κ2) is 6.48. The van der Waals surface area contributed by atoms with Crippen molar-refractivity contribution in [2.24, 2.45) is 0 Å². The number of methoxy groups -OCH3 is 1. The molecule has 1 amide bonds. The minimum absolute atomic E-state index is 0.0208. The number of carbonyl (C=O) groups is 2. The first-order chi connectivity index (χ1) is 7.32. The highest BCUT2D eigenvalue weighted by Crippen LogP contribution is 2.14. The number of hydrogen-bond acceptors (Lipinski definition) is 3. The lowest BCUT2D eigenvalue weighted by molar-refractivity contribution is -0.139. The maximum Gasteiger partial charge on any atom is 0.305 e. The van der Waals surface area contributed by atoms with Crippen molar-refractivity contribution < 1.29 is 19.4 Å². The van der Waals surface area contributed by atoms with E-state index in [-0.39, 0.29) is 25.3 Å². The molecule has 0 fully saturated rings. The summed E-state index contributed by atoms with van der Waals surface area (Å²) in [6.07, 6.45) is 0.240. The van der Waals surface area contributed by atoms with Crippen LogP contribution >= 0.6 is 0 Å². The van der Waals surface area contributed by atoms with Gasteiger partial charge in [0.2, 0.25) is 5.91 Å². The van der Waals surface area contributed by atoms with E-state index in [1.165, 1.54) is 4.90 Å². The van der Waals surface area contributed by atoms with E-state index in [0.717, 1.165) is 0 Å². The summed E-state index contributed by atoms with van der Waals surface area (Å²) in [5, 5.41) is 8.56. The first kappa shape index (κ1) is 14.9. The lowest BCUT2D eigenvalue weighted by Gasteiger charge is -2.27. The summed E-state index contributed by atoms with van der Waals surface area (Å²) in [4.78, 5) is 23.8. The Hall–Kier alpha value is -1.10. The van der Waals surface area contributed by atoms with E-state index in [4.69, 9.17) is 9.84 Å². The zero-order valence-corrected chi connectivity index (χ0v) is 10.4. The van der Waals surface area contributed by atoms with Gasteiger partial charge in [0.05, 0.1) is 18.4 Å². The minimum atomic E-state index is -0.891. The van der Waals surface area contributed by atoms with E-state index >= 15 is 0 Å². The summed E-state index contributed by atoms with van der Waals surface area (Å²) in [6.45, 7) is 6.27. The quantitative estimate of drug-likeness (QED) is 0.713. The molecular formula is C11H21NO4. The third-order valence-corrected chi connectivity index (χ3v) is 2.46. The van der Waals surface area contributed by atoms with Crippen LogP contribution in [0.15, 0.2) is 0 Å². The van der Waals surface area contributed by atoms with Crippen molar-refractivity contribution in [2.45, 2.75) is 39.2 Å². The minimum Gasteiger partial charge on any atom is -0.481 e. The highest BCUT2D eigenvalue weighted by atomic mass is 16.5. The molecule has 0 saturated carbocycles. The van der Waals surface area contributed by atoms with E-state index in [2.05, 4.69) is 0 Å². The zero-order valence-electron chi connectivity index (χ0n) is 10.4. The first-order valence-corrected chi connectivity index (χ1v) is 5.37. The van der Waals surface area contributed by atoms with Crippen LogP contribution in [0.1, 0.15) is 33.6 Å². The fourth-order valence-electron chi connectivity index (χ4n) is 1.24. The SMILES string of the molecule is CCN(CCC(=O)O)C(=O)CC(C)(C)OC. The number of aliphatic carboxylic acids is 1. The van der Waals surface area contributed by atoms with Crippen molar-refractivity contribution in [1.29, 1.82) is 0 Å². The molecule has 5 nitrogen and oxygen atoms in total. The normalized spacial score (nSPS) is 11.2. The van der Waals surface area contributed by atoms with Crippen LogP contribution in [0, 0.1) is 0 Å². The van der Waals surface area contributed by atoms with Crippen LogP contribution in [-0.4, -0.2) is 47.7 Å². The molecule has 0 aromatic heterocycles. The van der Waals surface area contributed by atoms with Crippen LogP contribution in [-0.2, 0) is 14.3 Å². The number of amides is 1. The summed E-state index contributed by atoms with van der Waals surface area (Å²) in [7, 11) is 1.56. The summed E-state index contributed by atoms with van der Waals surface area (Å²) in [5.41, 5.74) is -0.506. The maximum absolute atomic E-state index is 11.8. The van der Waals surface area contributed by atoms with E-state index in [1.807, 2.05) is 20.8 Å². The number of rotatable bonds is 7. The Balaban J connectivity index is 4.26. The van der Waals surface area contributed by atoms with Crippen molar-refractivity contribution in [1.82, 2.24) is 4.90 Å². The van der Waals surface area contributed by atoms with Crippen molar-refractivity contribution in [2.75, 3.05) is 20.2 Å². The third-order valence-electron chi connectivity index (χ3n) is 2.46. The van der Waals surface area contributed by atoms with Gasteiger partial charge >= 0.3 is 5.97 Å². The average molecular weight is 231 g/mol. The van der Waals surface area contributed by atoms with E-state index in [1.54, 1.807) is 7.11 Å². The molecule has 0 bridgehead atoms. The highest BCUT2D eigenvalue weighted by Gasteiger charge is 2.24. The van der Waals surface area contributed by atoms with Crippen molar-refractivity contribution in [3.05, 3.63) is 0 Å². The molecule has 0 aliphatic rings. The molecule has 0 aromatic rings. The zero-order chi connectivity index (χ0) is 12.8. The van der Waals surface area contributed by atoms with Gasteiger partial charge in [-0.15, -0.1) is 0 Å². The van der Waals surface area contributed by atoms with E-state index in [9.17, 15) is 9.59 Å². The summed E-state index contributed by atoms with van der Waals surface area (Å²) in [5.74, 6) is -0.965. The molecule has 0 rings (SSSR count). The average Bonchev–Trinajstić information content (AvgIpc) is 2.17. The molecule has 0 aliphatic carbocycles. The Morgan fingerprint density at radius 1 is 1.38 bits per heavy atom. The second-order valence-corrected chi connectivity index (χ2v) is 4.26. The fraction of sp³-hybridized carbons (Fsp3) is 0.818. The molecule has 0 atom stereocenters. The lowest BCUT2D eigenvalue weighted by atomic mass is 10.0. The summed E-state index contributed by atoms with van der Waals surface area (Å²) >= 11 is 0. The Labute approximate surface area is 96.4 Å². The molecular weight excluding hydrogens is 210 g/mol.